The molecule has 0 fully saturated rings. The summed E-state index contributed by atoms with van der Waals surface area (Å²) in [6.07, 6.45) is 18.3. The average molecular weight is 283 g/mol. The molecular weight excluding hydrogens is 246 g/mol. The molecule has 0 saturated carbocycles. The van der Waals surface area contributed by atoms with Crippen molar-refractivity contribution in [2.45, 2.75) is 104 Å². The van der Waals surface area contributed by atoms with Gasteiger partial charge in [-0.3, -0.25) is 4.79 Å². The Balaban J connectivity index is 3.15. The summed E-state index contributed by atoms with van der Waals surface area (Å²) < 4.78 is 0. The molecule has 0 saturated heterocycles. The summed E-state index contributed by atoms with van der Waals surface area (Å²) in [5, 5.41) is 0. The summed E-state index contributed by atoms with van der Waals surface area (Å²) in [7, 11) is 0. The summed E-state index contributed by atoms with van der Waals surface area (Å²) >= 11 is 0. The molecule has 1 unspecified atom stereocenters. The maximum atomic E-state index is 11.1. The molecule has 0 aromatic heterocycles. The second-order valence-electron chi connectivity index (χ2n) is 6.19. The van der Waals surface area contributed by atoms with E-state index in [1.54, 1.807) is 0 Å². The molecule has 20 heavy (non-hydrogen) atoms. The van der Waals surface area contributed by atoms with Gasteiger partial charge >= 0.3 is 0 Å². The lowest BCUT2D eigenvalue weighted by Crippen LogP contribution is -2.22. The maximum absolute atomic E-state index is 11.1. The molecule has 0 aromatic carbocycles. The molecule has 0 spiro atoms. The number of unbranched alkanes of at least 4 members (excludes halogenated alkanes) is 11. The predicted molar refractivity (Wildman–Crippen MR) is 88.7 cm³/mol. The van der Waals surface area contributed by atoms with Gasteiger partial charge in [0.2, 0.25) is 5.91 Å². The van der Waals surface area contributed by atoms with Crippen LogP contribution in [0.15, 0.2) is 0 Å². The molecule has 0 aliphatic heterocycles. The fourth-order valence-corrected chi connectivity index (χ4v) is 2.78. The van der Waals surface area contributed by atoms with E-state index < -0.39 is 0 Å². The molecule has 2 nitrogen and oxygen atoms in total. The third-order valence-corrected chi connectivity index (χ3v) is 4.30. The lowest BCUT2D eigenvalue weighted by atomic mass is 9.97. The van der Waals surface area contributed by atoms with Crippen LogP contribution in [-0.2, 0) is 4.79 Å². The van der Waals surface area contributed by atoms with Gasteiger partial charge in [-0.2, -0.15) is 0 Å². The molecule has 0 bridgehead atoms. The Kier molecular flexibility index (Phi) is 14.5. The number of hydrogen-bond acceptors (Lipinski definition) is 1. The fourth-order valence-electron chi connectivity index (χ4n) is 2.78. The normalized spacial score (nSPS) is 12.5. The number of carbonyl (C=O) groups excluding carboxylic acids is 1. The zero-order valence-electron chi connectivity index (χ0n) is 14.0. The van der Waals surface area contributed by atoms with Crippen molar-refractivity contribution in [3.63, 3.8) is 0 Å². The predicted octanol–water partition coefficient (Wildman–Crippen LogP) is 5.59. The molecule has 0 radical (unpaired) electrons. The highest BCUT2D eigenvalue weighted by Gasteiger charge is 2.11. The van der Waals surface area contributed by atoms with Crippen LogP contribution in [0.3, 0.4) is 0 Å². The van der Waals surface area contributed by atoms with Crippen LogP contribution in [0.2, 0.25) is 0 Å². The SMILES string of the molecule is CCCCCCCCCCCCCCC(CC)C(N)=O. The van der Waals surface area contributed by atoms with Crippen LogP contribution < -0.4 is 5.73 Å². The first kappa shape index (κ1) is 19.5. The zero-order valence-corrected chi connectivity index (χ0v) is 14.0. The van der Waals surface area contributed by atoms with Gasteiger partial charge in [0.1, 0.15) is 0 Å². The minimum Gasteiger partial charge on any atom is -0.369 e. The van der Waals surface area contributed by atoms with Gasteiger partial charge in [0.25, 0.3) is 0 Å². The van der Waals surface area contributed by atoms with Crippen LogP contribution in [0.5, 0.6) is 0 Å². The van der Waals surface area contributed by atoms with E-state index in [0.29, 0.717) is 0 Å². The second kappa shape index (κ2) is 14.9. The van der Waals surface area contributed by atoms with E-state index in [4.69, 9.17) is 5.73 Å². The highest BCUT2D eigenvalue weighted by Crippen LogP contribution is 2.15. The fraction of sp³-hybridized carbons (Fsp3) is 0.944. The zero-order chi connectivity index (χ0) is 15.1. The average Bonchev–Trinajstić information content (AvgIpc) is 2.43. The number of carbonyl (C=O) groups is 1. The van der Waals surface area contributed by atoms with Crippen LogP contribution in [0, 0.1) is 5.92 Å². The molecule has 2 heteroatoms. The second-order valence-corrected chi connectivity index (χ2v) is 6.19. The first-order valence-corrected chi connectivity index (χ1v) is 9.01. The molecule has 0 heterocycles. The number of primary amides is 1. The molecule has 0 aliphatic rings. The first-order chi connectivity index (χ1) is 9.72. The summed E-state index contributed by atoms with van der Waals surface area (Å²) in [6.45, 7) is 4.32. The van der Waals surface area contributed by atoms with Crippen LogP contribution in [0.4, 0.5) is 0 Å². The number of hydrogen-bond donors (Lipinski definition) is 1. The topological polar surface area (TPSA) is 43.1 Å². The van der Waals surface area contributed by atoms with Gasteiger partial charge in [-0.1, -0.05) is 90.9 Å². The molecule has 0 rings (SSSR count). The van der Waals surface area contributed by atoms with Gasteiger partial charge in [-0.15, -0.1) is 0 Å². The third kappa shape index (κ3) is 12.5. The van der Waals surface area contributed by atoms with Gasteiger partial charge in [0.15, 0.2) is 0 Å². The Morgan fingerprint density at radius 1 is 0.750 bits per heavy atom. The Morgan fingerprint density at radius 3 is 1.50 bits per heavy atom. The van der Waals surface area contributed by atoms with Gasteiger partial charge in [-0.05, 0) is 12.8 Å². The van der Waals surface area contributed by atoms with E-state index in [9.17, 15) is 4.79 Å². The van der Waals surface area contributed by atoms with Crippen molar-refractivity contribution in [3.05, 3.63) is 0 Å². The van der Waals surface area contributed by atoms with Crippen molar-refractivity contribution >= 4 is 5.91 Å². The lowest BCUT2D eigenvalue weighted by Gasteiger charge is -2.09. The van der Waals surface area contributed by atoms with Gasteiger partial charge in [0.05, 0.1) is 0 Å². The summed E-state index contributed by atoms with van der Waals surface area (Å²) in [4.78, 5) is 11.1. The van der Waals surface area contributed by atoms with Gasteiger partial charge < -0.3 is 5.73 Å². The van der Waals surface area contributed by atoms with Crippen LogP contribution in [0.1, 0.15) is 104 Å². The van der Waals surface area contributed by atoms with Crippen LogP contribution in [0.25, 0.3) is 0 Å². The Hall–Kier alpha value is -0.530. The Labute approximate surface area is 126 Å². The summed E-state index contributed by atoms with van der Waals surface area (Å²) in [5.74, 6) is -0.00584. The molecule has 120 valence electrons. The molecule has 0 aromatic rings. The lowest BCUT2D eigenvalue weighted by molar-refractivity contribution is -0.122. The van der Waals surface area contributed by atoms with Crippen molar-refractivity contribution in [3.8, 4) is 0 Å². The van der Waals surface area contributed by atoms with E-state index >= 15 is 0 Å². The summed E-state index contributed by atoms with van der Waals surface area (Å²) in [5.41, 5.74) is 5.35. The monoisotopic (exact) mass is 283 g/mol. The summed E-state index contributed by atoms with van der Waals surface area (Å²) in [6, 6.07) is 0. The standard InChI is InChI=1S/C18H37NO/c1-3-5-6-7-8-9-10-11-12-13-14-15-16-17(4-2)18(19)20/h17H,3-16H2,1-2H3,(H2,19,20). The van der Waals surface area contributed by atoms with E-state index in [-0.39, 0.29) is 11.8 Å². The van der Waals surface area contributed by atoms with Crippen molar-refractivity contribution in [2.24, 2.45) is 11.7 Å². The van der Waals surface area contributed by atoms with E-state index in [2.05, 4.69) is 13.8 Å². The minimum absolute atomic E-state index is 0.109. The molecular formula is C18H37NO. The van der Waals surface area contributed by atoms with Crippen molar-refractivity contribution in [2.75, 3.05) is 0 Å². The molecule has 1 amide bonds. The molecule has 1 atom stereocenters. The molecule has 0 aliphatic carbocycles. The van der Waals surface area contributed by atoms with Gasteiger partial charge in [-0.25, -0.2) is 0 Å². The number of amides is 1. The van der Waals surface area contributed by atoms with E-state index in [0.717, 1.165) is 12.8 Å². The van der Waals surface area contributed by atoms with Crippen LogP contribution in [-0.4, -0.2) is 5.91 Å². The third-order valence-electron chi connectivity index (χ3n) is 4.30. The maximum Gasteiger partial charge on any atom is 0.220 e. The largest absolute Gasteiger partial charge is 0.369 e. The van der Waals surface area contributed by atoms with Crippen LogP contribution >= 0.6 is 0 Å². The first-order valence-electron chi connectivity index (χ1n) is 9.01. The van der Waals surface area contributed by atoms with Gasteiger partial charge in [0, 0.05) is 5.92 Å². The van der Waals surface area contributed by atoms with E-state index in [1.165, 1.54) is 77.0 Å². The van der Waals surface area contributed by atoms with Crippen molar-refractivity contribution in [1.29, 1.82) is 0 Å². The molecule has 2 N–H and O–H groups in total. The highest BCUT2D eigenvalue weighted by atomic mass is 16.1. The van der Waals surface area contributed by atoms with Crippen molar-refractivity contribution in [1.82, 2.24) is 0 Å². The smallest absolute Gasteiger partial charge is 0.220 e. The number of nitrogens with two attached hydrogens (primary N) is 1. The Morgan fingerprint density at radius 2 is 1.15 bits per heavy atom. The van der Waals surface area contributed by atoms with Crippen molar-refractivity contribution < 1.29 is 4.79 Å². The quantitative estimate of drug-likeness (QED) is 0.391. The highest BCUT2D eigenvalue weighted by molar-refractivity contribution is 5.76. The van der Waals surface area contributed by atoms with E-state index in [1.807, 2.05) is 0 Å². The Bertz CT molecular complexity index is 215. The number of rotatable bonds is 15. The minimum atomic E-state index is -0.115.